The number of rotatable bonds is 8. The van der Waals surface area contributed by atoms with Gasteiger partial charge in [-0.05, 0) is 17.8 Å². The van der Waals surface area contributed by atoms with Gasteiger partial charge in [-0.15, -0.1) is 23.5 Å². The van der Waals surface area contributed by atoms with Crippen LogP contribution < -0.4 is 5.32 Å². The predicted molar refractivity (Wildman–Crippen MR) is 103 cm³/mol. The molecule has 29 heavy (non-hydrogen) atoms. The summed E-state index contributed by atoms with van der Waals surface area (Å²) in [6, 6.07) is -0.978. The van der Waals surface area contributed by atoms with Gasteiger partial charge in [0.25, 0.3) is 11.8 Å². The maximum atomic E-state index is 12.6. The van der Waals surface area contributed by atoms with Crippen LogP contribution in [0.5, 0.6) is 0 Å². The van der Waals surface area contributed by atoms with Crippen LogP contribution in [0.3, 0.4) is 0 Å². The van der Waals surface area contributed by atoms with Gasteiger partial charge in [0.15, 0.2) is 0 Å². The van der Waals surface area contributed by atoms with Crippen molar-refractivity contribution in [1.29, 1.82) is 0 Å². The van der Waals surface area contributed by atoms with E-state index in [1.165, 1.54) is 29.0 Å². The Morgan fingerprint density at radius 1 is 1.45 bits per heavy atom. The molecule has 0 aromatic carbocycles. The fraction of sp³-hybridized carbons (Fsp3) is 0.357. The molecule has 15 heteroatoms. The molecule has 2 aliphatic heterocycles. The molecule has 12 nitrogen and oxygen atoms in total. The van der Waals surface area contributed by atoms with Crippen molar-refractivity contribution >= 4 is 64.5 Å². The minimum absolute atomic E-state index is 0.0865. The third kappa shape index (κ3) is 4.20. The Labute approximate surface area is 175 Å². The summed E-state index contributed by atoms with van der Waals surface area (Å²) in [5.41, 5.74) is 0.867. The van der Waals surface area contributed by atoms with Crippen LogP contribution in [0.4, 0.5) is 0 Å². The van der Waals surface area contributed by atoms with Crippen LogP contribution in [0.15, 0.2) is 21.3 Å². The van der Waals surface area contributed by atoms with Gasteiger partial charge in [-0.3, -0.25) is 14.5 Å². The smallest absolute Gasteiger partial charge is 0.353 e. The molecule has 0 spiro atoms. The summed E-state index contributed by atoms with van der Waals surface area (Å²) in [4.78, 5) is 57.5. The van der Waals surface area contributed by atoms with Gasteiger partial charge < -0.3 is 20.4 Å². The van der Waals surface area contributed by atoms with Crippen LogP contribution in [0.1, 0.15) is 5.82 Å². The van der Waals surface area contributed by atoms with Gasteiger partial charge in [0, 0.05) is 10.7 Å². The summed E-state index contributed by atoms with van der Waals surface area (Å²) < 4.78 is 3.87. The Balaban J connectivity index is 1.77. The number of fused-ring (bicyclic) bond motifs is 1. The first-order valence-electron chi connectivity index (χ1n) is 7.79. The zero-order valence-corrected chi connectivity index (χ0v) is 17.0. The molecule has 154 valence electrons. The number of carbonyl (C=O) groups excluding carboxylic acids is 2. The molecule has 1 saturated heterocycles. The third-order valence-electron chi connectivity index (χ3n) is 3.80. The number of oxime groups is 1. The summed E-state index contributed by atoms with van der Waals surface area (Å²) in [6.45, 7) is -0.778. The molecule has 3 N–H and O–H groups in total. The summed E-state index contributed by atoms with van der Waals surface area (Å²) in [5, 5.41) is 23.4. The van der Waals surface area contributed by atoms with Crippen LogP contribution in [0.2, 0.25) is 0 Å². The molecule has 1 aromatic heterocycles. The van der Waals surface area contributed by atoms with Gasteiger partial charge >= 0.3 is 11.9 Å². The Hall–Kier alpha value is -2.65. The zero-order valence-electron chi connectivity index (χ0n) is 14.6. The van der Waals surface area contributed by atoms with Gasteiger partial charge in [0.1, 0.15) is 22.6 Å². The number of nitrogens with one attached hydrogen (secondary N) is 1. The van der Waals surface area contributed by atoms with Gasteiger partial charge in [0.05, 0.1) is 0 Å². The van der Waals surface area contributed by atoms with Crippen LogP contribution in [-0.4, -0.2) is 84.0 Å². The van der Waals surface area contributed by atoms with E-state index in [0.717, 1.165) is 16.4 Å². The third-order valence-corrected chi connectivity index (χ3v) is 6.57. The molecule has 0 bridgehead atoms. The van der Waals surface area contributed by atoms with Crippen LogP contribution in [0.25, 0.3) is 0 Å². The van der Waals surface area contributed by atoms with Crippen LogP contribution in [0, 0.1) is 0 Å². The van der Waals surface area contributed by atoms with Gasteiger partial charge in [0.2, 0.25) is 18.1 Å². The lowest BCUT2D eigenvalue weighted by atomic mass is 10.0. The van der Waals surface area contributed by atoms with E-state index < -0.39 is 47.5 Å². The zero-order chi connectivity index (χ0) is 21.1. The highest BCUT2D eigenvalue weighted by molar-refractivity contribution is 8.05. The van der Waals surface area contributed by atoms with E-state index in [0.29, 0.717) is 10.7 Å². The molecule has 3 heterocycles. The molecule has 1 aromatic rings. The lowest BCUT2D eigenvalue weighted by molar-refractivity contribution is -0.150. The monoisotopic (exact) mass is 459 g/mol. The van der Waals surface area contributed by atoms with E-state index in [1.54, 1.807) is 6.26 Å². The second kappa shape index (κ2) is 8.79. The molecule has 0 aliphatic carbocycles. The fourth-order valence-corrected chi connectivity index (χ4v) is 5.24. The number of carbonyl (C=O) groups is 4. The Kier molecular flexibility index (Phi) is 6.39. The summed E-state index contributed by atoms with van der Waals surface area (Å²) >= 11 is 3.52. The Morgan fingerprint density at radius 3 is 2.79 bits per heavy atom. The molecular weight excluding hydrogens is 446 g/mol. The summed E-state index contributed by atoms with van der Waals surface area (Å²) in [7, 11) is 0. The number of hydrogen-bond acceptors (Lipinski definition) is 11. The highest BCUT2D eigenvalue weighted by atomic mass is 32.2. The highest BCUT2D eigenvalue weighted by Crippen LogP contribution is 2.42. The van der Waals surface area contributed by atoms with E-state index in [1.807, 2.05) is 0 Å². The van der Waals surface area contributed by atoms with E-state index in [2.05, 4.69) is 24.7 Å². The quantitative estimate of drug-likeness (QED) is 0.257. The largest absolute Gasteiger partial charge is 0.479 e. The van der Waals surface area contributed by atoms with Gasteiger partial charge in [-0.2, -0.15) is 4.37 Å². The van der Waals surface area contributed by atoms with Crippen molar-refractivity contribution in [2.24, 2.45) is 5.16 Å². The highest BCUT2D eigenvalue weighted by Gasteiger charge is 2.54. The predicted octanol–water partition coefficient (Wildman–Crippen LogP) is -0.597. The maximum Gasteiger partial charge on any atom is 0.353 e. The van der Waals surface area contributed by atoms with Gasteiger partial charge in [-0.1, -0.05) is 5.16 Å². The number of hydrogen-bond donors (Lipinski definition) is 3. The van der Waals surface area contributed by atoms with Crippen molar-refractivity contribution in [3.63, 3.8) is 0 Å². The molecule has 3 rings (SSSR count). The van der Waals surface area contributed by atoms with E-state index in [4.69, 9.17) is 5.11 Å². The lowest BCUT2D eigenvalue weighted by Crippen LogP contribution is -2.71. The minimum atomic E-state index is -1.29. The van der Waals surface area contributed by atoms with Crippen molar-refractivity contribution in [3.05, 3.63) is 21.9 Å². The topological polar surface area (TPSA) is 171 Å². The van der Waals surface area contributed by atoms with Crippen molar-refractivity contribution in [3.8, 4) is 0 Å². The van der Waals surface area contributed by atoms with Crippen LogP contribution in [-0.2, 0) is 24.0 Å². The van der Waals surface area contributed by atoms with Crippen molar-refractivity contribution < 1.29 is 34.2 Å². The first-order chi connectivity index (χ1) is 13.8. The fourth-order valence-electron chi connectivity index (χ4n) is 2.57. The number of aromatic nitrogens is 2. The van der Waals surface area contributed by atoms with E-state index in [9.17, 15) is 24.3 Å². The van der Waals surface area contributed by atoms with Gasteiger partial charge in [-0.25, -0.2) is 14.6 Å². The van der Waals surface area contributed by atoms with Crippen molar-refractivity contribution in [2.75, 3.05) is 18.6 Å². The number of carboxylic acid groups (broad SMARTS) is 2. The van der Waals surface area contributed by atoms with Crippen molar-refractivity contribution in [2.45, 2.75) is 11.4 Å². The SMILES string of the molecule is CSC1=C(C(=O)O)N2C(=O)C(NC(=O)/C(=N/OCC(=O)O)c3ncsn3)C2SC1. The molecule has 2 amide bonds. The molecule has 2 unspecified atom stereocenters. The standard InChI is InChI=1S/C14H13N5O7S3/c1-27-5-3-28-13-8(12(23)19(13)9(5)14(24)25)16-11(22)7(10-15-4-29-18-10)17-26-2-6(20)21/h4,8,13H,2-3H2,1H3,(H,16,22)(H,20,21)(H,24,25)/b17-7+. The van der Waals surface area contributed by atoms with Crippen LogP contribution >= 0.6 is 35.1 Å². The normalized spacial score (nSPS) is 21.3. The minimum Gasteiger partial charge on any atom is -0.479 e. The average Bonchev–Trinajstić information content (AvgIpc) is 3.21. The number of β-lactam (4-membered cyclic amide) rings is 1. The summed E-state index contributed by atoms with van der Waals surface area (Å²) in [6.07, 6.45) is 1.73. The van der Waals surface area contributed by atoms with E-state index in [-0.39, 0.29) is 11.5 Å². The molecule has 0 radical (unpaired) electrons. The second-order valence-corrected chi connectivity index (χ2v) is 8.11. The second-order valence-electron chi connectivity index (χ2n) is 5.50. The molecule has 2 aliphatic rings. The Morgan fingerprint density at radius 2 is 2.21 bits per heavy atom. The first-order valence-corrected chi connectivity index (χ1v) is 10.9. The maximum absolute atomic E-state index is 12.6. The lowest BCUT2D eigenvalue weighted by Gasteiger charge is -2.49. The number of aliphatic carboxylic acids is 2. The number of carboxylic acids is 2. The average molecular weight is 459 g/mol. The van der Waals surface area contributed by atoms with E-state index >= 15 is 0 Å². The molecule has 2 atom stereocenters. The van der Waals surface area contributed by atoms with Crippen molar-refractivity contribution in [1.82, 2.24) is 19.6 Å². The number of amides is 2. The number of thioether (sulfide) groups is 2. The molecule has 0 saturated carbocycles. The first kappa shape index (κ1) is 21.1. The molecule has 1 fully saturated rings. The Bertz CT molecular complexity index is 917. The number of nitrogens with zero attached hydrogens (tertiary/aromatic N) is 4. The molecular formula is C14H13N5O7S3. The summed E-state index contributed by atoms with van der Waals surface area (Å²) in [5.74, 6) is -3.62.